The van der Waals surface area contributed by atoms with Gasteiger partial charge in [0, 0.05) is 31.4 Å². The average molecular weight is 231 g/mol. The van der Waals surface area contributed by atoms with Crippen molar-refractivity contribution in [1.29, 1.82) is 0 Å². The van der Waals surface area contributed by atoms with Crippen LogP contribution in [0.2, 0.25) is 0 Å². The Morgan fingerprint density at radius 1 is 1.41 bits per heavy atom. The third-order valence-electron chi connectivity index (χ3n) is 2.60. The molecule has 0 saturated carbocycles. The van der Waals surface area contributed by atoms with E-state index in [1.165, 1.54) is 0 Å². The van der Waals surface area contributed by atoms with E-state index in [0.717, 1.165) is 35.7 Å². The molecular formula is C12H17N5. The fraction of sp³-hybridized carbons (Fsp3) is 0.333. The van der Waals surface area contributed by atoms with Crippen LogP contribution in [0.15, 0.2) is 24.5 Å². The maximum Gasteiger partial charge on any atom is 0.152 e. The summed E-state index contributed by atoms with van der Waals surface area (Å²) < 4.78 is 1.71. The smallest absolute Gasteiger partial charge is 0.152 e. The average Bonchev–Trinajstić information content (AvgIpc) is 2.70. The largest absolute Gasteiger partial charge is 0.398 e. The number of nitrogens with two attached hydrogens (primary N) is 1. The molecule has 0 saturated heterocycles. The number of aromatic nitrogens is 3. The van der Waals surface area contributed by atoms with E-state index in [2.05, 4.69) is 15.4 Å². The summed E-state index contributed by atoms with van der Waals surface area (Å²) in [5.74, 6) is 0.847. The van der Waals surface area contributed by atoms with Gasteiger partial charge in [-0.05, 0) is 24.6 Å². The van der Waals surface area contributed by atoms with Crippen LogP contribution in [0.5, 0.6) is 0 Å². The summed E-state index contributed by atoms with van der Waals surface area (Å²) in [5.41, 5.74) is 8.78. The summed E-state index contributed by atoms with van der Waals surface area (Å²) in [6, 6.07) is 5.98. The third-order valence-corrected chi connectivity index (χ3v) is 2.60. The molecule has 1 heterocycles. The quantitative estimate of drug-likeness (QED) is 0.780. The number of benzene rings is 1. The maximum atomic E-state index is 5.84. The van der Waals surface area contributed by atoms with Gasteiger partial charge in [0.2, 0.25) is 0 Å². The molecule has 0 bridgehead atoms. The zero-order valence-corrected chi connectivity index (χ0v) is 10.1. The Kier molecular flexibility index (Phi) is 3.27. The van der Waals surface area contributed by atoms with Crippen molar-refractivity contribution >= 4 is 11.4 Å². The lowest BCUT2D eigenvalue weighted by atomic mass is 10.2. The van der Waals surface area contributed by atoms with E-state index >= 15 is 0 Å². The molecule has 2 aromatic rings. The fourth-order valence-electron chi connectivity index (χ4n) is 1.57. The molecule has 1 aromatic carbocycles. The van der Waals surface area contributed by atoms with Gasteiger partial charge in [0.25, 0.3) is 0 Å². The van der Waals surface area contributed by atoms with Crippen molar-refractivity contribution in [2.45, 2.75) is 13.3 Å². The predicted octanol–water partition coefficient (Wildman–Crippen LogP) is 1.36. The molecule has 0 radical (unpaired) electrons. The van der Waals surface area contributed by atoms with Gasteiger partial charge < -0.3 is 11.1 Å². The van der Waals surface area contributed by atoms with Gasteiger partial charge in [0.05, 0.1) is 0 Å². The van der Waals surface area contributed by atoms with Crippen molar-refractivity contribution in [3.8, 4) is 0 Å². The molecule has 3 N–H and O–H groups in total. The first-order chi connectivity index (χ1) is 8.15. The van der Waals surface area contributed by atoms with Gasteiger partial charge in [-0.2, -0.15) is 5.10 Å². The van der Waals surface area contributed by atoms with E-state index in [4.69, 9.17) is 5.73 Å². The van der Waals surface area contributed by atoms with Crippen LogP contribution < -0.4 is 11.1 Å². The lowest BCUT2D eigenvalue weighted by Crippen LogP contribution is -2.07. The number of hydrogen-bond acceptors (Lipinski definition) is 4. The number of hydrogen-bond donors (Lipinski definition) is 2. The Hall–Kier alpha value is -2.04. The van der Waals surface area contributed by atoms with E-state index in [1.807, 2.05) is 32.2 Å². The number of anilines is 2. The number of aryl methyl sites for hydroxylation is 2. The van der Waals surface area contributed by atoms with Crippen molar-refractivity contribution in [3.63, 3.8) is 0 Å². The first-order valence-electron chi connectivity index (χ1n) is 5.59. The van der Waals surface area contributed by atoms with Crippen LogP contribution in [0, 0.1) is 6.92 Å². The molecule has 0 unspecified atom stereocenters. The topological polar surface area (TPSA) is 68.8 Å². The van der Waals surface area contributed by atoms with Crippen molar-refractivity contribution in [2.24, 2.45) is 7.05 Å². The minimum Gasteiger partial charge on any atom is -0.398 e. The normalized spacial score (nSPS) is 10.5. The molecule has 0 aliphatic carbocycles. The van der Waals surface area contributed by atoms with Crippen molar-refractivity contribution < 1.29 is 0 Å². The molecule has 17 heavy (non-hydrogen) atoms. The summed E-state index contributed by atoms with van der Waals surface area (Å²) in [5, 5.41) is 7.52. The van der Waals surface area contributed by atoms with Crippen LogP contribution >= 0.6 is 0 Å². The maximum absolute atomic E-state index is 5.84. The van der Waals surface area contributed by atoms with E-state index in [0.29, 0.717) is 0 Å². The second kappa shape index (κ2) is 4.86. The van der Waals surface area contributed by atoms with Gasteiger partial charge >= 0.3 is 0 Å². The summed E-state index contributed by atoms with van der Waals surface area (Å²) in [6.45, 7) is 2.80. The summed E-state index contributed by atoms with van der Waals surface area (Å²) in [4.78, 5) is 4.17. The number of rotatable bonds is 4. The highest BCUT2D eigenvalue weighted by Gasteiger charge is 1.99. The monoisotopic (exact) mass is 231 g/mol. The molecule has 5 nitrogen and oxygen atoms in total. The van der Waals surface area contributed by atoms with Gasteiger partial charge in [-0.25, -0.2) is 4.98 Å². The fourth-order valence-corrected chi connectivity index (χ4v) is 1.57. The van der Waals surface area contributed by atoms with Crippen LogP contribution in [-0.2, 0) is 13.5 Å². The Labute approximate surface area is 101 Å². The van der Waals surface area contributed by atoms with Crippen LogP contribution in [0.4, 0.5) is 11.4 Å². The van der Waals surface area contributed by atoms with Gasteiger partial charge in [-0.3, -0.25) is 4.68 Å². The Morgan fingerprint density at radius 2 is 2.24 bits per heavy atom. The number of nitrogen functional groups attached to an aromatic ring is 1. The predicted molar refractivity (Wildman–Crippen MR) is 68.8 cm³/mol. The van der Waals surface area contributed by atoms with Crippen LogP contribution in [0.3, 0.4) is 0 Å². The number of nitrogens with one attached hydrogen (secondary N) is 1. The minimum absolute atomic E-state index is 0.798. The zero-order valence-electron chi connectivity index (χ0n) is 10.1. The van der Waals surface area contributed by atoms with Crippen LogP contribution in [-0.4, -0.2) is 21.3 Å². The Bertz CT molecular complexity index is 503. The molecule has 1 aromatic heterocycles. The second-order valence-electron chi connectivity index (χ2n) is 4.08. The van der Waals surface area contributed by atoms with Gasteiger partial charge in [-0.1, -0.05) is 6.07 Å². The van der Waals surface area contributed by atoms with E-state index in [-0.39, 0.29) is 0 Å². The Morgan fingerprint density at radius 3 is 2.88 bits per heavy atom. The van der Waals surface area contributed by atoms with Gasteiger partial charge in [0.15, 0.2) is 5.82 Å². The van der Waals surface area contributed by atoms with Crippen molar-refractivity contribution in [1.82, 2.24) is 14.8 Å². The SMILES string of the molecule is Cc1ccc(NCCc2ncn(C)n2)cc1N. The van der Waals surface area contributed by atoms with Crippen molar-refractivity contribution in [3.05, 3.63) is 35.9 Å². The first kappa shape index (κ1) is 11.4. The van der Waals surface area contributed by atoms with E-state index in [9.17, 15) is 0 Å². The first-order valence-corrected chi connectivity index (χ1v) is 5.59. The summed E-state index contributed by atoms with van der Waals surface area (Å²) in [7, 11) is 1.87. The van der Waals surface area contributed by atoms with Crippen LogP contribution in [0.1, 0.15) is 11.4 Å². The molecule has 0 aliphatic rings. The minimum atomic E-state index is 0.798. The summed E-state index contributed by atoms with van der Waals surface area (Å²) in [6.07, 6.45) is 2.51. The van der Waals surface area contributed by atoms with E-state index < -0.39 is 0 Å². The van der Waals surface area contributed by atoms with E-state index in [1.54, 1.807) is 11.0 Å². The lowest BCUT2D eigenvalue weighted by molar-refractivity contribution is 0.742. The van der Waals surface area contributed by atoms with Crippen molar-refractivity contribution in [2.75, 3.05) is 17.6 Å². The standard InChI is InChI=1S/C12H17N5/c1-9-3-4-10(7-11(9)13)14-6-5-12-15-8-17(2)16-12/h3-4,7-8,14H,5-6,13H2,1-2H3. The number of nitrogens with zero attached hydrogens (tertiary/aromatic N) is 3. The second-order valence-corrected chi connectivity index (χ2v) is 4.08. The highest BCUT2D eigenvalue weighted by molar-refractivity contribution is 5.58. The highest BCUT2D eigenvalue weighted by Crippen LogP contribution is 2.16. The molecular weight excluding hydrogens is 214 g/mol. The molecule has 0 fully saturated rings. The molecule has 0 atom stereocenters. The molecule has 90 valence electrons. The zero-order chi connectivity index (χ0) is 12.3. The molecule has 0 amide bonds. The molecule has 2 rings (SSSR count). The summed E-state index contributed by atoms with van der Waals surface area (Å²) >= 11 is 0. The molecule has 0 spiro atoms. The molecule has 0 aliphatic heterocycles. The van der Waals surface area contributed by atoms with Crippen LogP contribution in [0.25, 0.3) is 0 Å². The lowest BCUT2D eigenvalue weighted by Gasteiger charge is -2.07. The van der Waals surface area contributed by atoms with Gasteiger partial charge in [-0.15, -0.1) is 0 Å². The Balaban J connectivity index is 1.87. The highest BCUT2D eigenvalue weighted by atomic mass is 15.3. The van der Waals surface area contributed by atoms with Gasteiger partial charge in [0.1, 0.15) is 6.33 Å². The third kappa shape index (κ3) is 2.96. The molecule has 5 heteroatoms.